The van der Waals surface area contributed by atoms with Crippen LogP contribution in [0.2, 0.25) is 0 Å². The Bertz CT molecular complexity index is 1150. The molecule has 0 radical (unpaired) electrons. The number of benzene rings is 2. The molecule has 7 heteroatoms. The van der Waals surface area contributed by atoms with Crippen LogP contribution < -0.4 is 10.3 Å². The van der Waals surface area contributed by atoms with Gasteiger partial charge in [-0.2, -0.15) is 0 Å². The Morgan fingerprint density at radius 3 is 2.48 bits per heavy atom. The van der Waals surface area contributed by atoms with Crippen molar-refractivity contribution in [2.24, 2.45) is 0 Å². The van der Waals surface area contributed by atoms with Crippen molar-refractivity contribution in [3.05, 3.63) is 80.9 Å². The van der Waals surface area contributed by atoms with Crippen molar-refractivity contribution in [3.63, 3.8) is 0 Å². The maximum Gasteiger partial charge on any atom is 0.252 e. The third kappa shape index (κ3) is 4.61. The van der Waals surface area contributed by atoms with Crippen LogP contribution in [0.3, 0.4) is 0 Å². The summed E-state index contributed by atoms with van der Waals surface area (Å²) < 4.78 is 40.5. The van der Waals surface area contributed by atoms with Gasteiger partial charge in [-0.3, -0.25) is 4.79 Å². The Balaban J connectivity index is 1.73. The van der Waals surface area contributed by atoms with E-state index in [0.717, 1.165) is 16.5 Å². The normalized spacial score (nSPS) is 11.8. The lowest BCUT2D eigenvalue weighted by Gasteiger charge is -2.09. The molecule has 2 aromatic carbocycles. The molecular formula is C20H21FN2O3S. The summed E-state index contributed by atoms with van der Waals surface area (Å²) in [4.78, 5) is 15.0. The van der Waals surface area contributed by atoms with Crippen LogP contribution in [0.5, 0.6) is 0 Å². The Kier molecular flexibility index (Phi) is 5.43. The fourth-order valence-corrected chi connectivity index (χ4v) is 3.87. The lowest BCUT2D eigenvalue weighted by molar-refractivity contribution is 0.578. The minimum atomic E-state index is -3.65. The van der Waals surface area contributed by atoms with Gasteiger partial charge in [-0.1, -0.05) is 18.2 Å². The van der Waals surface area contributed by atoms with Gasteiger partial charge in [0.25, 0.3) is 5.56 Å². The topological polar surface area (TPSA) is 79.0 Å². The summed E-state index contributed by atoms with van der Waals surface area (Å²) in [6, 6.07) is 11.6. The number of hydrogen-bond donors (Lipinski definition) is 2. The quantitative estimate of drug-likeness (QED) is 0.681. The highest BCUT2D eigenvalue weighted by atomic mass is 32.2. The summed E-state index contributed by atoms with van der Waals surface area (Å²) in [5.74, 6) is -0.679. The maximum atomic E-state index is 13.6. The van der Waals surface area contributed by atoms with Gasteiger partial charge in [0.15, 0.2) is 0 Å². The summed E-state index contributed by atoms with van der Waals surface area (Å²) in [7, 11) is -3.65. The van der Waals surface area contributed by atoms with E-state index < -0.39 is 15.8 Å². The fraction of sp³-hybridized carbons (Fsp3) is 0.250. The van der Waals surface area contributed by atoms with Crippen LogP contribution in [-0.4, -0.2) is 19.2 Å². The maximum absolute atomic E-state index is 13.6. The smallest absolute Gasteiger partial charge is 0.252 e. The van der Waals surface area contributed by atoms with Crippen molar-refractivity contribution in [2.45, 2.75) is 26.8 Å². The van der Waals surface area contributed by atoms with Crippen molar-refractivity contribution in [3.8, 4) is 0 Å². The van der Waals surface area contributed by atoms with Crippen LogP contribution in [0.15, 0.2) is 47.3 Å². The predicted octanol–water partition coefficient (Wildman–Crippen LogP) is 2.95. The van der Waals surface area contributed by atoms with Gasteiger partial charge in [0.05, 0.1) is 5.75 Å². The van der Waals surface area contributed by atoms with Gasteiger partial charge in [0, 0.05) is 17.6 Å². The van der Waals surface area contributed by atoms with Crippen LogP contribution in [-0.2, 0) is 23.0 Å². The van der Waals surface area contributed by atoms with Crippen LogP contribution >= 0.6 is 0 Å². The van der Waals surface area contributed by atoms with Crippen LogP contribution in [0, 0.1) is 19.7 Å². The van der Waals surface area contributed by atoms with E-state index in [1.165, 1.54) is 6.07 Å². The molecule has 3 rings (SSSR count). The molecule has 0 fully saturated rings. The molecule has 0 saturated carbocycles. The van der Waals surface area contributed by atoms with E-state index in [2.05, 4.69) is 9.71 Å². The average Bonchev–Trinajstić information content (AvgIpc) is 2.61. The Morgan fingerprint density at radius 2 is 1.74 bits per heavy atom. The zero-order valence-electron chi connectivity index (χ0n) is 15.2. The molecule has 0 aliphatic carbocycles. The molecular weight excluding hydrogens is 367 g/mol. The SMILES string of the molecule is Cc1cc2cc(CNS(=O)(=O)CCc3ccccc3F)c(=O)[nH]c2cc1C. The summed E-state index contributed by atoms with van der Waals surface area (Å²) in [5.41, 5.74) is 3.22. The first-order valence-corrected chi connectivity index (χ1v) is 10.2. The van der Waals surface area contributed by atoms with E-state index in [9.17, 15) is 17.6 Å². The number of rotatable bonds is 6. The van der Waals surface area contributed by atoms with Crippen molar-refractivity contribution in [1.82, 2.24) is 9.71 Å². The zero-order chi connectivity index (χ0) is 19.6. The van der Waals surface area contributed by atoms with Crippen molar-refractivity contribution < 1.29 is 12.8 Å². The highest BCUT2D eigenvalue weighted by Crippen LogP contribution is 2.17. The van der Waals surface area contributed by atoms with Gasteiger partial charge in [-0.05, 0) is 66.6 Å². The number of aromatic amines is 1. The molecule has 142 valence electrons. The molecule has 0 atom stereocenters. The minimum absolute atomic E-state index is 0.0640. The van der Waals surface area contributed by atoms with Gasteiger partial charge in [0.2, 0.25) is 10.0 Å². The molecule has 0 bridgehead atoms. The Hall–Kier alpha value is -2.51. The third-order valence-electron chi connectivity index (χ3n) is 4.62. The molecule has 0 aliphatic rings. The minimum Gasteiger partial charge on any atom is -0.322 e. The second-order valence-electron chi connectivity index (χ2n) is 6.63. The molecule has 0 spiro atoms. The van der Waals surface area contributed by atoms with Gasteiger partial charge < -0.3 is 4.98 Å². The number of aryl methyl sites for hydroxylation is 3. The largest absolute Gasteiger partial charge is 0.322 e. The van der Waals surface area contributed by atoms with E-state index >= 15 is 0 Å². The molecule has 0 unspecified atom stereocenters. The van der Waals surface area contributed by atoms with Crippen LogP contribution in [0.25, 0.3) is 10.9 Å². The molecule has 3 aromatic rings. The Labute approximate surface area is 157 Å². The summed E-state index contributed by atoms with van der Waals surface area (Å²) in [5, 5.41) is 0.846. The number of sulfonamides is 1. The van der Waals surface area contributed by atoms with Gasteiger partial charge in [-0.25, -0.2) is 17.5 Å². The predicted molar refractivity (Wildman–Crippen MR) is 105 cm³/mol. The molecule has 27 heavy (non-hydrogen) atoms. The Morgan fingerprint density at radius 1 is 1.04 bits per heavy atom. The average molecular weight is 388 g/mol. The number of aromatic nitrogens is 1. The van der Waals surface area contributed by atoms with Crippen LogP contribution in [0.4, 0.5) is 4.39 Å². The highest BCUT2D eigenvalue weighted by molar-refractivity contribution is 7.89. The summed E-state index contributed by atoms with van der Waals surface area (Å²) in [6.45, 7) is 3.83. The molecule has 0 aliphatic heterocycles. The molecule has 5 nitrogen and oxygen atoms in total. The van der Waals surface area contributed by atoms with Gasteiger partial charge in [-0.15, -0.1) is 0 Å². The number of nitrogens with one attached hydrogen (secondary N) is 2. The van der Waals surface area contributed by atoms with E-state index in [4.69, 9.17) is 0 Å². The number of hydrogen-bond acceptors (Lipinski definition) is 3. The monoisotopic (exact) mass is 388 g/mol. The van der Waals surface area contributed by atoms with E-state index in [-0.39, 0.29) is 24.3 Å². The summed E-state index contributed by atoms with van der Waals surface area (Å²) in [6.07, 6.45) is 0.0640. The number of H-pyrrole nitrogens is 1. The first-order valence-electron chi connectivity index (χ1n) is 8.59. The molecule has 0 saturated heterocycles. The van der Waals surface area contributed by atoms with Crippen molar-refractivity contribution in [1.29, 1.82) is 0 Å². The second-order valence-corrected chi connectivity index (χ2v) is 8.56. The lowest BCUT2D eigenvalue weighted by Crippen LogP contribution is -2.29. The first kappa shape index (κ1) is 19.3. The van der Waals surface area contributed by atoms with E-state index in [0.29, 0.717) is 16.6 Å². The van der Waals surface area contributed by atoms with Crippen molar-refractivity contribution in [2.75, 3.05) is 5.75 Å². The molecule has 1 heterocycles. The molecule has 1 aromatic heterocycles. The molecule has 0 amide bonds. The van der Waals surface area contributed by atoms with Gasteiger partial charge in [0.1, 0.15) is 5.82 Å². The highest BCUT2D eigenvalue weighted by Gasteiger charge is 2.13. The van der Waals surface area contributed by atoms with E-state index in [1.807, 2.05) is 26.0 Å². The zero-order valence-corrected chi connectivity index (χ0v) is 16.0. The number of pyridine rings is 1. The van der Waals surface area contributed by atoms with Gasteiger partial charge >= 0.3 is 0 Å². The molecule has 2 N–H and O–H groups in total. The number of fused-ring (bicyclic) bond motifs is 1. The fourth-order valence-electron chi connectivity index (χ4n) is 2.86. The van der Waals surface area contributed by atoms with Crippen LogP contribution in [0.1, 0.15) is 22.3 Å². The second kappa shape index (κ2) is 7.62. The third-order valence-corrected chi connectivity index (χ3v) is 5.94. The van der Waals surface area contributed by atoms with Crippen molar-refractivity contribution >= 4 is 20.9 Å². The summed E-state index contributed by atoms with van der Waals surface area (Å²) >= 11 is 0. The standard InChI is InChI=1S/C20H21FN2O3S/c1-13-9-16-11-17(20(24)23-19(16)10-14(13)2)12-22-27(25,26)8-7-15-5-3-4-6-18(15)21/h3-6,9-11,22H,7-8,12H2,1-2H3,(H,23,24). The lowest BCUT2D eigenvalue weighted by atomic mass is 10.1. The number of halogens is 1. The van der Waals surface area contributed by atoms with E-state index in [1.54, 1.807) is 24.3 Å². The first-order chi connectivity index (χ1) is 12.7.